The maximum absolute atomic E-state index is 13.2. The van der Waals surface area contributed by atoms with Gasteiger partial charge in [0.1, 0.15) is 6.61 Å². The minimum absolute atomic E-state index is 0.171. The SMILES string of the molecule is O=C(NCCOc1ccccc1F)c1ccco1. The molecule has 0 aliphatic heterocycles. The van der Waals surface area contributed by atoms with Crippen molar-refractivity contribution in [1.29, 1.82) is 0 Å². The number of carbonyl (C=O) groups excluding carboxylic acids is 1. The predicted molar refractivity (Wildman–Crippen MR) is 62.9 cm³/mol. The molecule has 0 fully saturated rings. The average Bonchev–Trinajstić information content (AvgIpc) is 2.90. The topological polar surface area (TPSA) is 51.5 Å². The molecule has 0 saturated heterocycles. The third kappa shape index (κ3) is 3.10. The van der Waals surface area contributed by atoms with E-state index < -0.39 is 5.82 Å². The molecule has 1 aromatic carbocycles. The van der Waals surface area contributed by atoms with Gasteiger partial charge in [0.2, 0.25) is 0 Å². The van der Waals surface area contributed by atoms with E-state index in [1.54, 1.807) is 24.3 Å². The van der Waals surface area contributed by atoms with Gasteiger partial charge in [-0.05, 0) is 24.3 Å². The lowest BCUT2D eigenvalue weighted by Crippen LogP contribution is -2.27. The van der Waals surface area contributed by atoms with Gasteiger partial charge in [-0.2, -0.15) is 0 Å². The monoisotopic (exact) mass is 249 g/mol. The van der Waals surface area contributed by atoms with Crippen molar-refractivity contribution < 1.29 is 18.3 Å². The highest BCUT2D eigenvalue weighted by atomic mass is 19.1. The second kappa shape index (κ2) is 5.86. The molecule has 2 rings (SSSR count). The average molecular weight is 249 g/mol. The fourth-order valence-corrected chi connectivity index (χ4v) is 1.38. The maximum Gasteiger partial charge on any atom is 0.287 e. The number of hydrogen-bond donors (Lipinski definition) is 1. The Labute approximate surface area is 103 Å². The Balaban J connectivity index is 1.74. The Kier molecular flexibility index (Phi) is 3.96. The number of furan rings is 1. The molecule has 0 radical (unpaired) electrons. The zero-order valence-corrected chi connectivity index (χ0v) is 9.56. The summed E-state index contributed by atoms with van der Waals surface area (Å²) in [6.45, 7) is 0.460. The number of amides is 1. The molecule has 2 aromatic rings. The van der Waals surface area contributed by atoms with Crippen molar-refractivity contribution in [3.63, 3.8) is 0 Å². The van der Waals surface area contributed by atoms with Crippen LogP contribution in [-0.2, 0) is 0 Å². The van der Waals surface area contributed by atoms with Gasteiger partial charge in [0.05, 0.1) is 12.8 Å². The first-order chi connectivity index (χ1) is 8.77. The first kappa shape index (κ1) is 12.2. The number of halogens is 1. The van der Waals surface area contributed by atoms with Crippen LogP contribution in [0, 0.1) is 5.82 Å². The molecule has 4 nitrogen and oxygen atoms in total. The first-order valence-electron chi connectivity index (χ1n) is 5.46. The van der Waals surface area contributed by atoms with E-state index in [0.29, 0.717) is 0 Å². The molecule has 1 N–H and O–H groups in total. The Morgan fingerprint density at radius 2 is 2.11 bits per heavy atom. The van der Waals surface area contributed by atoms with Crippen LogP contribution in [0.15, 0.2) is 47.1 Å². The van der Waals surface area contributed by atoms with Crippen molar-refractivity contribution in [3.8, 4) is 5.75 Å². The summed E-state index contributed by atoms with van der Waals surface area (Å²) in [7, 11) is 0. The minimum atomic E-state index is -0.421. The van der Waals surface area contributed by atoms with Crippen LogP contribution in [0.25, 0.3) is 0 Å². The van der Waals surface area contributed by atoms with Crippen molar-refractivity contribution >= 4 is 5.91 Å². The summed E-state index contributed by atoms with van der Waals surface area (Å²) in [4.78, 5) is 11.4. The van der Waals surface area contributed by atoms with Crippen LogP contribution in [0.1, 0.15) is 10.6 Å². The summed E-state index contributed by atoms with van der Waals surface area (Å²) in [5, 5.41) is 2.59. The standard InChI is InChI=1S/C13H12FNO3/c14-10-4-1-2-5-11(10)18-9-7-15-13(16)12-6-3-8-17-12/h1-6,8H,7,9H2,(H,15,16). The molecule has 0 unspecified atom stereocenters. The van der Waals surface area contributed by atoms with Crippen LogP contribution in [0.3, 0.4) is 0 Å². The third-order valence-corrected chi connectivity index (χ3v) is 2.23. The summed E-state index contributed by atoms with van der Waals surface area (Å²) in [5.74, 6) is -0.336. The number of carbonyl (C=O) groups is 1. The molecule has 1 aromatic heterocycles. The van der Waals surface area contributed by atoms with Crippen LogP contribution in [0.2, 0.25) is 0 Å². The minimum Gasteiger partial charge on any atom is -0.489 e. The van der Waals surface area contributed by atoms with Crippen molar-refractivity contribution in [1.82, 2.24) is 5.32 Å². The molecule has 0 bridgehead atoms. The third-order valence-electron chi connectivity index (χ3n) is 2.23. The molecule has 1 heterocycles. The van der Waals surface area contributed by atoms with Crippen molar-refractivity contribution in [2.24, 2.45) is 0 Å². The predicted octanol–water partition coefficient (Wildman–Crippen LogP) is 2.23. The van der Waals surface area contributed by atoms with E-state index in [2.05, 4.69) is 5.32 Å². The van der Waals surface area contributed by atoms with E-state index in [4.69, 9.17) is 9.15 Å². The molecule has 18 heavy (non-hydrogen) atoms. The Morgan fingerprint density at radius 1 is 1.28 bits per heavy atom. The van der Waals surface area contributed by atoms with Crippen molar-refractivity contribution in [2.45, 2.75) is 0 Å². The summed E-state index contributed by atoms with van der Waals surface area (Å²) < 4.78 is 23.3. The second-order valence-electron chi connectivity index (χ2n) is 3.51. The summed E-state index contributed by atoms with van der Waals surface area (Å²) in [6, 6.07) is 9.30. The molecule has 5 heteroatoms. The van der Waals surface area contributed by atoms with Crippen LogP contribution in [0.4, 0.5) is 4.39 Å². The van der Waals surface area contributed by atoms with E-state index in [9.17, 15) is 9.18 Å². The van der Waals surface area contributed by atoms with Gasteiger partial charge in [-0.3, -0.25) is 4.79 Å². The number of rotatable bonds is 5. The van der Waals surface area contributed by atoms with Crippen LogP contribution in [0.5, 0.6) is 5.75 Å². The fraction of sp³-hybridized carbons (Fsp3) is 0.154. The van der Waals surface area contributed by atoms with E-state index >= 15 is 0 Å². The van der Waals surface area contributed by atoms with Gasteiger partial charge >= 0.3 is 0 Å². The second-order valence-corrected chi connectivity index (χ2v) is 3.51. The highest BCUT2D eigenvalue weighted by molar-refractivity contribution is 5.91. The molecule has 1 amide bonds. The Hall–Kier alpha value is -2.30. The zero-order valence-electron chi connectivity index (χ0n) is 9.56. The van der Waals surface area contributed by atoms with Crippen LogP contribution >= 0.6 is 0 Å². The lowest BCUT2D eigenvalue weighted by atomic mass is 10.3. The molecular weight excluding hydrogens is 237 g/mol. The largest absolute Gasteiger partial charge is 0.489 e. The van der Waals surface area contributed by atoms with E-state index in [1.807, 2.05) is 0 Å². The molecular formula is C13H12FNO3. The summed E-state index contributed by atoms with van der Waals surface area (Å²) >= 11 is 0. The summed E-state index contributed by atoms with van der Waals surface area (Å²) in [5.41, 5.74) is 0. The number of hydrogen-bond acceptors (Lipinski definition) is 3. The van der Waals surface area contributed by atoms with E-state index in [1.165, 1.54) is 18.4 Å². The molecule has 0 saturated carbocycles. The first-order valence-corrected chi connectivity index (χ1v) is 5.46. The van der Waals surface area contributed by atoms with E-state index in [0.717, 1.165) is 0 Å². The van der Waals surface area contributed by atoms with Gasteiger partial charge < -0.3 is 14.5 Å². The van der Waals surface area contributed by atoms with Gasteiger partial charge in [-0.15, -0.1) is 0 Å². The number of ether oxygens (including phenoxy) is 1. The van der Waals surface area contributed by atoms with Crippen LogP contribution in [-0.4, -0.2) is 19.1 Å². The van der Waals surface area contributed by atoms with Gasteiger partial charge in [0, 0.05) is 0 Å². The maximum atomic E-state index is 13.2. The zero-order chi connectivity index (χ0) is 12.8. The number of para-hydroxylation sites is 1. The number of nitrogens with one attached hydrogen (secondary N) is 1. The van der Waals surface area contributed by atoms with Crippen molar-refractivity contribution in [2.75, 3.05) is 13.2 Å². The smallest absolute Gasteiger partial charge is 0.287 e. The van der Waals surface area contributed by atoms with Gasteiger partial charge in [-0.1, -0.05) is 12.1 Å². The molecule has 0 spiro atoms. The quantitative estimate of drug-likeness (QED) is 0.827. The molecule has 0 aliphatic rings. The highest BCUT2D eigenvalue weighted by Gasteiger charge is 2.07. The molecule has 0 aliphatic carbocycles. The van der Waals surface area contributed by atoms with Crippen molar-refractivity contribution in [3.05, 3.63) is 54.2 Å². The van der Waals surface area contributed by atoms with Crippen LogP contribution < -0.4 is 10.1 Å². The Morgan fingerprint density at radius 3 is 2.83 bits per heavy atom. The summed E-state index contributed by atoms with van der Waals surface area (Å²) in [6.07, 6.45) is 1.42. The molecule has 94 valence electrons. The van der Waals surface area contributed by atoms with Gasteiger partial charge in [0.15, 0.2) is 17.3 Å². The fourth-order valence-electron chi connectivity index (χ4n) is 1.38. The van der Waals surface area contributed by atoms with E-state index in [-0.39, 0.29) is 30.6 Å². The Bertz CT molecular complexity index is 511. The number of benzene rings is 1. The van der Waals surface area contributed by atoms with Gasteiger partial charge in [0.25, 0.3) is 5.91 Å². The lowest BCUT2D eigenvalue weighted by Gasteiger charge is -2.07. The highest BCUT2D eigenvalue weighted by Crippen LogP contribution is 2.14. The van der Waals surface area contributed by atoms with Gasteiger partial charge in [-0.25, -0.2) is 4.39 Å². The molecule has 0 atom stereocenters. The normalized spacial score (nSPS) is 10.1. The lowest BCUT2D eigenvalue weighted by molar-refractivity contribution is 0.0919.